The van der Waals surface area contributed by atoms with Crippen LogP contribution in [-0.4, -0.2) is 44.1 Å². The zero-order valence-corrected chi connectivity index (χ0v) is 15.5. The van der Waals surface area contributed by atoms with Gasteiger partial charge in [0.1, 0.15) is 6.54 Å². The number of rotatable bonds is 4. The van der Waals surface area contributed by atoms with Gasteiger partial charge in [-0.05, 0) is 35.0 Å². The molecule has 134 valence electrons. The Morgan fingerprint density at radius 2 is 1.80 bits per heavy atom. The standard InChI is InChI=1S/C19H27N5O/c1-13(2)16-5-7-17(8-6-16)19-20-22-24(21-19)12-18(25)23-10-14(3)9-15(4)11-23/h5-8,13-15H,9-12H2,1-4H3/t14-,15+. The van der Waals surface area contributed by atoms with Gasteiger partial charge in [-0.2, -0.15) is 4.80 Å². The number of aromatic nitrogens is 4. The Morgan fingerprint density at radius 1 is 1.16 bits per heavy atom. The lowest BCUT2D eigenvalue weighted by molar-refractivity contribution is -0.135. The normalized spacial score (nSPS) is 20.9. The summed E-state index contributed by atoms with van der Waals surface area (Å²) in [6.45, 7) is 10.5. The molecular weight excluding hydrogens is 314 g/mol. The van der Waals surface area contributed by atoms with E-state index in [0.717, 1.165) is 18.7 Å². The summed E-state index contributed by atoms with van der Waals surface area (Å²) in [6.07, 6.45) is 1.18. The number of hydrogen-bond acceptors (Lipinski definition) is 4. The van der Waals surface area contributed by atoms with Crippen molar-refractivity contribution in [2.24, 2.45) is 11.8 Å². The molecule has 1 aliphatic heterocycles. The van der Waals surface area contributed by atoms with E-state index in [9.17, 15) is 4.79 Å². The third-order valence-corrected chi connectivity index (χ3v) is 4.79. The van der Waals surface area contributed by atoms with E-state index in [1.165, 1.54) is 16.8 Å². The molecular formula is C19H27N5O. The number of piperidine rings is 1. The van der Waals surface area contributed by atoms with Gasteiger partial charge in [0.2, 0.25) is 11.7 Å². The van der Waals surface area contributed by atoms with Crippen molar-refractivity contribution >= 4 is 5.91 Å². The van der Waals surface area contributed by atoms with E-state index in [1.54, 1.807) is 0 Å². The molecule has 0 unspecified atom stereocenters. The Labute approximate surface area is 149 Å². The highest BCUT2D eigenvalue weighted by Crippen LogP contribution is 2.21. The van der Waals surface area contributed by atoms with Crippen LogP contribution in [0, 0.1) is 11.8 Å². The van der Waals surface area contributed by atoms with Crippen LogP contribution in [0.3, 0.4) is 0 Å². The zero-order valence-electron chi connectivity index (χ0n) is 15.5. The summed E-state index contributed by atoms with van der Waals surface area (Å²) in [6, 6.07) is 8.18. The van der Waals surface area contributed by atoms with E-state index in [2.05, 4.69) is 55.2 Å². The third kappa shape index (κ3) is 4.24. The largest absolute Gasteiger partial charge is 0.340 e. The van der Waals surface area contributed by atoms with Crippen molar-refractivity contribution in [3.05, 3.63) is 29.8 Å². The second-order valence-corrected chi connectivity index (χ2v) is 7.66. The van der Waals surface area contributed by atoms with Crippen LogP contribution < -0.4 is 0 Å². The highest BCUT2D eigenvalue weighted by atomic mass is 16.2. The molecule has 6 nitrogen and oxygen atoms in total. The number of benzene rings is 1. The monoisotopic (exact) mass is 341 g/mol. The van der Waals surface area contributed by atoms with E-state index >= 15 is 0 Å². The highest BCUT2D eigenvalue weighted by molar-refractivity contribution is 5.76. The van der Waals surface area contributed by atoms with Crippen molar-refractivity contribution in [2.45, 2.75) is 46.6 Å². The van der Waals surface area contributed by atoms with Crippen LogP contribution in [0.25, 0.3) is 11.4 Å². The van der Waals surface area contributed by atoms with E-state index in [0.29, 0.717) is 23.6 Å². The van der Waals surface area contributed by atoms with Gasteiger partial charge in [0.25, 0.3) is 0 Å². The Kier molecular flexibility index (Phi) is 5.16. The maximum absolute atomic E-state index is 12.5. The van der Waals surface area contributed by atoms with Crippen LogP contribution in [0.4, 0.5) is 0 Å². The predicted octanol–water partition coefficient (Wildman–Crippen LogP) is 2.97. The average molecular weight is 341 g/mol. The first-order chi connectivity index (χ1) is 11.9. The molecule has 2 heterocycles. The van der Waals surface area contributed by atoms with Crippen molar-refractivity contribution in [3.63, 3.8) is 0 Å². The maximum Gasteiger partial charge on any atom is 0.246 e. The molecule has 1 saturated heterocycles. The van der Waals surface area contributed by atoms with Gasteiger partial charge in [0, 0.05) is 18.7 Å². The number of nitrogens with zero attached hydrogens (tertiary/aromatic N) is 5. The molecule has 0 radical (unpaired) electrons. The molecule has 0 aliphatic carbocycles. The summed E-state index contributed by atoms with van der Waals surface area (Å²) in [5, 5.41) is 12.5. The van der Waals surface area contributed by atoms with Crippen LogP contribution in [0.2, 0.25) is 0 Å². The lowest BCUT2D eigenvalue weighted by Crippen LogP contribution is -2.44. The second-order valence-electron chi connectivity index (χ2n) is 7.66. The molecule has 0 N–H and O–H groups in total. The highest BCUT2D eigenvalue weighted by Gasteiger charge is 2.25. The Bertz CT molecular complexity index is 712. The van der Waals surface area contributed by atoms with E-state index < -0.39 is 0 Å². The smallest absolute Gasteiger partial charge is 0.246 e. The molecule has 25 heavy (non-hydrogen) atoms. The Hall–Kier alpha value is -2.24. The second kappa shape index (κ2) is 7.33. The van der Waals surface area contributed by atoms with Crippen molar-refractivity contribution in [3.8, 4) is 11.4 Å². The summed E-state index contributed by atoms with van der Waals surface area (Å²) in [5.74, 6) is 2.21. The number of carbonyl (C=O) groups excluding carboxylic acids is 1. The lowest BCUT2D eigenvalue weighted by Gasteiger charge is -2.34. The van der Waals surface area contributed by atoms with Crippen LogP contribution >= 0.6 is 0 Å². The Balaban J connectivity index is 1.66. The predicted molar refractivity (Wildman–Crippen MR) is 96.9 cm³/mol. The minimum atomic E-state index is 0.0671. The maximum atomic E-state index is 12.5. The van der Waals surface area contributed by atoms with Crippen molar-refractivity contribution in [1.29, 1.82) is 0 Å². The molecule has 1 aromatic heterocycles. The minimum Gasteiger partial charge on any atom is -0.340 e. The zero-order chi connectivity index (χ0) is 18.0. The summed E-state index contributed by atoms with van der Waals surface area (Å²) in [7, 11) is 0. The molecule has 1 amide bonds. The first-order valence-electron chi connectivity index (χ1n) is 9.08. The SMILES string of the molecule is CC(C)c1ccc(-c2nnn(CC(=O)N3C[C@H](C)C[C@H](C)C3)n2)cc1. The fraction of sp³-hybridized carbons (Fsp3) is 0.579. The summed E-state index contributed by atoms with van der Waals surface area (Å²) >= 11 is 0. The van der Waals surface area contributed by atoms with E-state index in [1.807, 2.05) is 17.0 Å². The lowest BCUT2D eigenvalue weighted by atomic mass is 9.92. The Morgan fingerprint density at radius 3 is 2.40 bits per heavy atom. The van der Waals surface area contributed by atoms with Gasteiger partial charge in [-0.3, -0.25) is 4.79 Å². The molecule has 1 aromatic carbocycles. The number of carbonyl (C=O) groups is 1. The number of tetrazole rings is 1. The third-order valence-electron chi connectivity index (χ3n) is 4.79. The van der Waals surface area contributed by atoms with Gasteiger partial charge in [0.05, 0.1) is 0 Å². The molecule has 6 heteroatoms. The summed E-state index contributed by atoms with van der Waals surface area (Å²) < 4.78 is 0. The van der Waals surface area contributed by atoms with Crippen molar-refractivity contribution in [1.82, 2.24) is 25.1 Å². The molecule has 2 aromatic rings. The van der Waals surface area contributed by atoms with Crippen LogP contribution in [0.1, 0.15) is 45.6 Å². The molecule has 1 fully saturated rings. The van der Waals surface area contributed by atoms with Gasteiger partial charge in [0.15, 0.2) is 0 Å². The van der Waals surface area contributed by atoms with Gasteiger partial charge in [-0.25, -0.2) is 0 Å². The fourth-order valence-corrected chi connectivity index (χ4v) is 3.53. The van der Waals surface area contributed by atoms with E-state index in [4.69, 9.17) is 0 Å². The van der Waals surface area contributed by atoms with Gasteiger partial charge in [-0.1, -0.05) is 52.0 Å². The van der Waals surface area contributed by atoms with Crippen LogP contribution in [0.15, 0.2) is 24.3 Å². The first kappa shape index (κ1) is 17.6. The van der Waals surface area contributed by atoms with Crippen LogP contribution in [0.5, 0.6) is 0 Å². The summed E-state index contributed by atoms with van der Waals surface area (Å²) in [5.41, 5.74) is 2.20. The first-order valence-corrected chi connectivity index (χ1v) is 9.08. The van der Waals surface area contributed by atoms with Gasteiger partial charge in [-0.15, -0.1) is 10.2 Å². The number of likely N-dealkylation sites (tertiary alicyclic amines) is 1. The van der Waals surface area contributed by atoms with E-state index in [-0.39, 0.29) is 12.5 Å². The molecule has 3 rings (SSSR count). The van der Waals surface area contributed by atoms with Gasteiger partial charge < -0.3 is 4.90 Å². The quantitative estimate of drug-likeness (QED) is 0.857. The summed E-state index contributed by atoms with van der Waals surface area (Å²) in [4.78, 5) is 15.9. The molecule has 0 saturated carbocycles. The van der Waals surface area contributed by atoms with Gasteiger partial charge >= 0.3 is 0 Å². The molecule has 0 spiro atoms. The molecule has 1 aliphatic rings. The molecule has 0 bridgehead atoms. The average Bonchev–Trinajstić information content (AvgIpc) is 3.02. The van der Waals surface area contributed by atoms with Crippen molar-refractivity contribution in [2.75, 3.05) is 13.1 Å². The fourth-order valence-electron chi connectivity index (χ4n) is 3.53. The molecule has 2 atom stereocenters. The van der Waals surface area contributed by atoms with Crippen molar-refractivity contribution < 1.29 is 4.79 Å². The van der Waals surface area contributed by atoms with Crippen LogP contribution in [-0.2, 0) is 11.3 Å². The minimum absolute atomic E-state index is 0.0671. The number of amides is 1. The number of hydrogen-bond donors (Lipinski definition) is 0. The topological polar surface area (TPSA) is 63.9 Å².